The fourth-order valence-corrected chi connectivity index (χ4v) is 4.37. The molecular weight excluding hydrogens is 436 g/mol. The largest absolute Gasteiger partial charge is 0.543 e. The number of carbonyl (C=O) groups excluding carboxylic acids is 2. The van der Waals surface area contributed by atoms with E-state index in [2.05, 4.69) is 44.1 Å². The van der Waals surface area contributed by atoms with Crippen LogP contribution in [0.5, 0.6) is 5.75 Å². The van der Waals surface area contributed by atoms with E-state index in [9.17, 15) is 9.59 Å². The lowest BCUT2D eigenvalue weighted by molar-refractivity contribution is 0.0132. The average molecular weight is 473 g/mol. The number of amides is 1. The first-order valence-electron chi connectivity index (χ1n) is 11.4. The van der Waals surface area contributed by atoms with E-state index in [1.165, 1.54) is 11.0 Å². The fraction of sp³-hybridized carbons (Fsp3) is 0.583. The SMILES string of the molecule is CC(C)(C)OC(=O)N1CCC[C@@H]1n1ncc(C(=O)c2cccc(O[Si](C)(C)C(C)(C)C)c2)n1. The summed E-state index contributed by atoms with van der Waals surface area (Å²) < 4.78 is 11.9. The van der Waals surface area contributed by atoms with Crippen molar-refractivity contribution in [2.45, 2.75) is 84.3 Å². The molecule has 0 N–H and O–H groups in total. The van der Waals surface area contributed by atoms with Gasteiger partial charge in [0.15, 0.2) is 5.69 Å². The number of nitrogens with zero attached hydrogens (tertiary/aromatic N) is 4. The molecular formula is C24H36N4O4Si. The Balaban J connectivity index is 1.77. The average Bonchev–Trinajstić information content (AvgIpc) is 3.34. The molecule has 1 aliphatic heterocycles. The summed E-state index contributed by atoms with van der Waals surface area (Å²) in [7, 11) is -2.02. The topological polar surface area (TPSA) is 86.6 Å². The van der Waals surface area contributed by atoms with Gasteiger partial charge in [-0.25, -0.2) is 4.79 Å². The van der Waals surface area contributed by atoms with Crippen molar-refractivity contribution in [1.82, 2.24) is 19.9 Å². The van der Waals surface area contributed by atoms with Crippen molar-refractivity contribution in [1.29, 1.82) is 0 Å². The Kier molecular flexibility index (Phi) is 6.75. The van der Waals surface area contributed by atoms with Crippen LogP contribution in [0.4, 0.5) is 4.79 Å². The predicted octanol–water partition coefficient (Wildman–Crippen LogP) is 5.42. The van der Waals surface area contributed by atoms with Crippen LogP contribution < -0.4 is 4.43 Å². The summed E-state index contributed by atoms with van der Waals surface area (Å²) in [4.78, 5) is 28.8. The lowest BCUT2D eigenvalue weighted by atomic mass is 10.1. The van der Waals surface area contributed by atoms with Crippen molar-refractivity contribution < 1.29 is 18.8 Å². The standard InChI is InChI=1S/C24H36N4O4Si/c1-23(2,3)31-22(30)27-14-10-13-20(27)28-25-16-19(26-28)21(29)17-11-9-12-18(15-17)32-33(7,8)24(4,5)6/h9,11-12,15-16,20H,10,13-14H2,1-8H3/t20-/m0/s1. The second-order valence-electron chi connectivity index (χ2n) is 11.1. The second-order valence-corrected chi connectivity index (χ2v) is 15.8. The first-order chi connectivity index (χ1) is 15.2. The summed E-state index contributed by atoms with van der Waals surface area (Å²) in [5, 5.41) is 8.77. The molecule has 1 aromatic carbocycles. The summed E-state index contributed by atoms with van der Waals surface area (Å²) in [6.07, 6.45) is 2.22. The maximum Gasteiger partial charge on any atom is 0.412 e. The van der Waals surface area contributed by atoms with E-state index in [0.717, 1.165) is 6.42 Å². The maximum atomic E-state index is 13.1. The first kappa shape index (κ1) is 24.9. The molecule has 0 radical (unpaired) electrons. The number of likely N-dealkylation sites (tertiary alicyclic amines) is 1. The third kappa shape index (κ3) is 5.82. The van der Waals surface area contributed by atoms with Gasteiger partial charge in [-0.3, -0.25) is 9.69 Å². The monoisotopic (exact) mass is 472 g/mol. The molecule has 9 heteroatoms. The Morgan fingerprint density at radius 2 is 1.82 bits per heavy atom. The number of hydrogen-bond donors (Lipinski definition) is 0. The van der Waals surface area contributed by atoms with E-state index in [1.54, 1.807) is 17.0 Å². The van der Waals surface area contributed by atoms with Crippen LogP contribution in [0, 0.1) is 0 Å². The van der Waals surface area contributed by atoms with E-state index in [0.29, 0.717) is 24.3 Å². The highest BCUT2D eigenvalue weighted by molar-refractivity contribution is 6.74. The van der Waals surface area contributed by atoms with Gasteiger partial charge in [0.2, 0.25) is 14.1 Å². The minimum absolute atomic E-state index is 0.0526. The number of ketones is 1. The van der Waals surface area contributed by atoms with Gasteiger partial charge in [-0.1, -0.05) is 32.9 Å². The molecule has 1 aliphatic rings. The zero-order valence-corrected chi connectivity index (χ0v) is 22.0. The summed E-state index contributed by atoms with van der Waals surface area (Å²) in [5.41, 5.74) is 0.143. The van der Waals surface area contributed by atoms with Crippen LogP contribution >= 0.6 is 0 Å². The lowest BCUT2D eigenvalue weighted by Crippen LogP contribution is -2.43. The van der Waals surface area contributed by atoms with E-state index in [-0.39, 0.29) is 22.7 Å². The van der Waals surface area contributed by atoms with Crippen molar-refractivity contribution in [2.75, 3.05) is 6.54 Å². The minimum atomic E-state index is -2.02. The van der Waals surface area contributed by atoms with Crippen molar-refractivity contribution in [3.63, 3.8) is 0 Å². The smallest absolute Gasteiger partial charge is 0.412 e. The van der Waals surface area contributed by atoms with Crippen LogP contribution in [-0.2, 0) is 4.74 Å². The zero-order chi connectivity index (χ0) is 24.6. The molecule has 0 unspecified atom stereocenters. The molecule has 2 heterocycles. The zero-order valence-electron chi connectivity index (χ0n) is 21.0. The van der Waals surface area contributed by atoms with E-state index >= 15 is 0 Å². The number of rotatable bonds is 5. The van der Waals surface area contributed by atoms with Crippen LogP contribution in [0.3, 0.4) is 0 Å². The molecule has 8 nitrogen and oxygen atoms in total. The van der Waals surface area contributed by atoms with Gasteiger partial charge in [-0.05, 0) is 63.9 Å². The molecule has 1 aromatic heterocycles. The minimum Gasteiger partial charge on any atom is -0.543 e. The predicted molar refractivity (Wildman–Crippen MR) is 129 cm³/mol. The lowest BCUT2D eigenvalue weighted by Gasteiger charge is -2.36. The molecule has 0 spiro atoms. The highest BCUT2D eigenvalue weighted by Gasteiger charge is 2.39. The van der Waals surface area contributed by atoms with Crippen molar-refractivity contribution in [2.24, 2.45) is 0 Å². The first-order valence-corrected chi connectivity index (χ1v) is 14.3. The molecule has 180 valence electrons. The van der Waals surface area contributed by atoms with Crippen LogP contribution in [0.25, 0.3) is 0 Å². The van der Waals surface area contributed by atoms with Crippen LogP contribution in [0.15, 0.2) is 30.5 Å². The highest BCUT2D eigenvalue weighted by atomic mass is 28.4. The van der Waals surface area contributed by atoms with Gasteiger partial charge in [-0.2, -0.15) is 9.90 Å². The van der Waals surface area contributed by atoms with Gasteiger partial charge in [0.1, 0.15) is 17.5 Å². The number of aromatic nitrogens is 3. The maximum absolute atomic E-state index is 13.1. The van der Waals surface area contributed by atoms with Gasteiger partial charge >= 0.3 is 6.09 Å². The number of ether oxygens (including phenoxy) is 1. The van der Waals surface area contributed by atoms with Gasteiger partial charge in [0.25, 0.3) is 0 Å². The normalized spacial score (nSPS) is 17.2. The van der Waals surface area contributed by atoms with Crippen LogP contribution in [-0.4, -0.2) is 52.2 Å². The Hall–Kier alpha value is -2.68. The summed E-state index contributed by atoms with van der Waals surface area (Å²) in [6.45, 7) is 16.9. The number of carbonyl (C=O) groups is 2. The van der Waals surface area contributed by atoms with Crippen molar-refractivity contribution in [3.05, 3.63) is 41.7 Å². The Morgan fingerprint density at radius 1 is 1.12 bits per heavy atom. The van der Waals surface area contributed by atoms with Gasteiger partial charge in [0, 0.05) is 12.1 Å². The Bertz CT molecular complexity index is 1020. The fourth-order valence-electron chi connectivity index (χ4n) is 3.34. The third-order valence-electron chi connectivity index (χ3n) is 6.13. The van der Waals surface area contributed by atoms with Gasteiger partial charge in [0.05, 0.1) is 6.20 Å². The third-order valence-corrected chi connectivity index (χ3v) is 10.5. The Morgan fingerprint density at radius 3 is 2.45 bits per heavy atom. The molecule has 1 atom stereocenters. The molecule has 33 heavy (non-hydrogen) atoms. The van der Waals surface area contributed by atoms with Gasteiger partial charge in [-0.15, -0.1) is 5.10 Å². The molecule has 1 fully saturated rings. The number of hydrogen-bond acceptors (Lipinski definition) is 6. The Labute approximate surface area is 197 Å². The molecule has 3 rings (SSSR count). The van der Waals surface area contributed by atoms with Crippen molar-refractivity contribution in [3.8, 4) is 5.75 Å². The molecule has 2 aromatic rings. The second kappa shape index (κ2) is 8.93. The highest BCUT2D eigenvalue weighted by Crippen LogP contribution is 2.37. The summed E-state index contributed by atoms with van der Waals surface area (Å²) >= 11 is 0. The summed E-state index contributed by atoms with van der Waals surface area (Å²) in [6, 6.07) is 7.22. The quantitative estimate of drug-likeness (QED) is 0.426. The molecule has 1 saturated heterocycles. The van der Waals surface area contributed by atoms with Crippen molar-refractivity contribution >= 4 is 20.2 Å². The molecule has 1 amide bonds. The van der Waals surface area contributed by atoms with Gasteiger partial charge < -0.3 is 9.16 Å². The molecule has 0 aliphatic carbocycles. The van der Waals surface area contributed by atoms with Crippen LogP contribution in [0.1, 0.15) is 76.6 Å². The summed E-state index contributed by atoms with van der Waals surface area (Å²) in [5.74, 6) is 0.454. The van der Waals surface area contributed by atoms with E-state index in [4.69, 9.17) is 9.16 Å². The van der Waals surface area contributed by atoms with Crippen LogP contribution in [0.2, 0.25) is 18.1 Å². The number of benzene rings is 1. The molecule has 0 bridgehead atoms. The van der Waals surface area contributed by atoms with E-state index in [1.807, 2.05) is 32.9 Å². The molecule has 0 saturated carbocycles. The van der Waals surface area contributed by atoms with E-state index < -0.39 is 20.0 Å².